The van der Waals surface area contributed by atoms with Gasteiger partial charge in [0.15, 0.2) is 5.65 Å². The number of fused-ring (bicyclic) bond motifs is 1. The Labute approximate surface area is 110 Å². The van der Waals surface area contributed by atoms with Crippen LogP contribution in [0.3, 0.4) is 0 Å². The molecule has 3 aromatic rings. The van der Waals surface area contributed by atoms with Gasteiger partial charge < -0.3 is 10.5 Å². The molecular formula is C14H14N4O. The molecule has 0 saturated heterocycles. The van der Waals surface area contributed by atoms with Crippen molar-refractivity contribution in [3.63, 3.8) is 0 Å². The van der Waals surface area contributed by atoms with Crippen LogP contribution in [0.2, 0.25) is 0 Å². The molecule has 0 aliphatic rings. The van der Waals surface area contributed by atoms with Gasteiger partial charge in [0.1, 0.15) is 5.75 Å². The van der Waals surface area contributed by atoms with E-state index in [4.69, 9.17) is 10.5 Å². The van der Waals surface area contributed by atoms with Crippen LogP contribution in [-0.2, 0) is 0 Å². The minimum atomic E-state index is 0.626. The summed E-state index contributed by atoms with van der Waals surface area (Å²) in [5, 5.41) is 8.09. The molecule has 96 valence electrons. The Bertz CT molecular complexity index is 703. The average molecular weight is 254 g/mol. The van der Waals surface area contributed by atoms with Crippen molar-refractivity contribution in [3.05, 3.63) is 36.5 Å². The number of nitrogens with two attached hydrogens (primary N) is 1. The number of rotatable bonds is 3. The van der Waals surface area contributed by atoms with Crippen molar-refractivity contribution in [1.82, 2.24) is 15.2 Å². The number of hydrogen-bond acceptors (Lipinski definition) is 4. The van der Waals surface area contributed by atoms with Crippen LogP contribution in [0.5, 0.6) is 5.75 Å². The number of hydrogen-bond donors (Lipinski definition) is 2. The number of benzene rings is 1. The van der Waals surface area contributed by atoms with E-state index in [1.54, 1.807) is 6.20 Å². The van der Waals surface area contributed by atoms with Crippen molar-refractivity contribution in [1.29, 1.82) is 0 Å². The molecule has 0 atom stereocenters. The van der Waals surface area contributed by atoms with E-state index in [-0.39, 0.29) is 0 Å². The lowest BCUT2D eigenvalue weighted by Crippen LogP contribution is -1.90. The van der Waals surface area contributed by atoms with Gasteiger partial charge in [0, 0.05) is 10.9 Å². The third-order valence-electron chi connectivity index (χ3n) is 2.88. The zero-order valence-corrected chi connectivity index (χ0v) is 10.6. The van der Waals surface area contributed by atoms with Crippen LogP contribution in [0.1, 0.15) is 6.92 Å². The molecule has 0 spiro atoms. The lowest BCUT2D eigenvalue weighted by molar-refractivity contribution is 0.340. The van der Waals surface area contributed by atoms with Crippen molar-refractivity contribution < 1.29 is 4.74 Å². The molecule has 0 aliphatic carbocycles. The molecule has 0 fully saturated rings. The maximum Gasteiger partial charge on any atom is 0.181 e. The van der Waals surface area contributed by atoms with Crippen molar-refractivity contribution in [2.24, 2.45) is 0 Å². The van der Waals surface area contributed by atoms with Gasteiger partial charge in [-0.3, -0.25) is 5.10 Å². The summed E-state index contributed by atoms with van der Waals surface area (Å²) in [5.41, 5.74) is 9.00. The average Bonchev–Trinajstić information content (AvgIpc) is 2.83. The first-order valence-corrected chi connectivity index (χ1v) is 6.10. The van der Waals surface area contributed by atoms with Crippen LogP contribution < -0.4 is 10.5 Å². The van der Waals surface area contributed by atoms with Crippen molar-refractivity contribution >= 4 is 16.7 Å². The normalized spacial score (nSPS) is 10.8. The molecular weight excluding hydrogens is 240 g/mol. The monoisotopic (exact) mass is 254 g/mol. The number of ether oxygens (including phenoxy) is 1. The minimum absolute atomic E-state index is 0.626. The molecule has 3 rings (SSSR count). The zero-order chi connectivity index (χ0) is 13.2. The highest BCUT2D eigenvalue weighted by Gasteiger charge is 2.09. The predicted molar refractivity (Wildman–Crippen MR) is 74.9 cm³/mol. The van der Waals surface area contributed by atoms with Crippen LogP contribution in [0.15, 0.2) is 36.5 Å². The first-order chi connectivity index (χ1) is 9.28. The highest BCUT2D eigenvalue weighted by molar-refractivity contribution is 5.92. The van der Waals surface area contributed by atoms with E-state index in [9.17, 15) is 0 Å². The smallest absolute Gasteiger partial charge is 0.181 e. The van der Waals surface area contributed by atoms with Crippen LogP contribution in [0.25, 0.3) is 22.3 Å². The van der Waals surface area contributed by atoms with Gasteiger partial charge in [0.2, 0.25) is 0 Å². The highest BCUT2D eigenvalue weighted by atomic mass is 16.5. The second-order valence-corrected chi connectivity index (χ2v) is 4.20. The van der Waals surface area contributed by atoms with Gasteiger partial charge in [-0.2, -0.15) is 5.10 Å². The van der Waals surface area contributed by atoms with Gasteiger partial charge in [-0.1, -0.05) is 0 Å². The quantitative estimate of drug-likeness (QED) is 0.753. The summed E-state index contributed by atoms with van der Waals surface area (Å²) in [6, 6.07) is 9.72. The Hall–Kier alpha value is -2.56. The van der Waals surface area contributed by atoms with Crippen LogP contribution in [0, 0.1) is 0 Å². The first-order valence-electron chi connectivity index (χ1n) is 6.10. The maximum absolute atomic E-state index is 5.77. The zero-order valence-electron chi connectivity index (χ0n) is 10.6. The lowest BCUT2D eigenvalue weighted by atomic mass is 10.1. The highest BCUT2D eigenvalue weighted by Crippen LogP contribution is 2.27. The molecule has 5 nitrogen and oxygen atoms in total. The Morgan fingerprint density at radius 1 is 1.26 bits per heavy atom. The largest absolute Gasteiger partial charge is 0.494 e. The standard InChI is InChI=1S/C14H14N4O/c1-2-19-11-5-3-9(4-6-11)13-12-7-10(15)8-16-14(12)18-17-13/h3-8H,2,15H2,1H3,(H,16,17,18). The number of anilines is 1. The van der Waals surface area contributed by atoms with Gasteiger partial charge in [0.25, 0.3) is 0 Å². The minimum Gasteiger partial charge on any atom is -0.494 e. The number of nitrogen functional groups attached to an aromatic ring is 1. The number of nitrogens with zero attached hydrogens (tertiary/aromatic N) is 2. The van der Waals surface area contributed by atoms with Gasteiger partial charge >= 0.3 is 0 Å². The van der Waals surface area contributed by atoms with E-state index in [1.807, 2.05) is 37.3 Å². The second kappa shape index (κ2) is 4.61. The summed E-state index contributed by atoms with van der Waals surface area (Å²) < 4.78 is 5.43. The molecule has 0 aliphatic heterocycles. The number of aromatic amines is 1. The van der Waals surface area contributed by atoms with Gasteiger partial charge in [-0.05, 0) is 37.3 Å². The Morgan fingerprint density at radius 3 is 2.79 bits per heavy atom. The number of pyridine rings is 1. The molecule has 1 aromatic carbocycles. The van der Waals surface area contributed by atoms with Crippen LogP contribution in [0.4, 0.5) is 5.69 Å². The lowest BCUT2D eigenvalue weighted by Gasteiger charge is -2.04. The van der Waals surface area contributed by atoms with Gasteiger partial charge in [-0.25, -0.2) is 4.98 Å². The van der Waals surface area contributed by atoms with Crippen molar-refractivity contribution in [2.45, 2.75) is 6.92 Å². The van der Waals surface area contributed by atoms with Crippen LogP contribution >= 0.6 is 0 Å². The van der Waals surface area contributed by atoms with E-state index >= 15 is 0 Å². The summed E-state index contributed by atoms with van der Waals surface area (Å²) in [7, 11) is 0. The molecule has 3 N–H and O–H groups in total. The van der Waals surface area contributed by atoms with E-state index in [0.717, 1.165) is 22.4 Å². The summed E-state index contributed by atoms with van der Waals surface area (Å²) in [6.45, 7) is 2.62. The van der Waals surface area contributed by atoms with Crippen LogP contribution in [-0.4, -0.2) is 21.8 Å². The van der Waals surface area contributed by atoms with E-state index in [1.165, 1.54) is 0 Å². The Kier molecular flexibility index (Phi) is 2.79. The number of H-pyrrole nitrogens is 1. The Balaban J connectivity index is 2.06. The van der Waals surface area contributed by atoms with Gasteiger partial charge in [0.05, 0.1) is 24.2 Å². The first kappa shape index (κ1) is 11.5. The third-order valence-corrected chi connectivity index (χ3v) is 2.88. The fourth-order valence-electron chi connectivity index (χ4n) is 2.02. The molecule has 0 unspecified atom stereocenters. The number of nitrogens with one attached hydrogen (secondary N) is 1. The molecule has 2 heterocycles. The molecule has 19 heavy (non-hydrogen) atoms. The molecule has 0 amide bonds. The van der Waals surface area contributed by atoms with E-state index < -0.39 is 0 Å². The molecule has 0 bridgehead atoms. The van der Waals surface area contributed by atoms with E-state index in [2.05, 4.69) is 15.2 Å². The molecule has 0 radical (unpaired) electrons. The van der Waals surface area contributed by atoms with E-state index in [0.29, 0.717) is 17.9 Å². The third kappa shape index (κ3) is 2.10. The molecule has 5 heteroatoms. The number of aromatic nitrogens is 3. The fourth-order valence-corrected chi connectivity index (χ4v) is 2.02. The summed E-state index contributed by atoms with van der Waals surface area (Å²) >= 11 is 0. The fraction of sp³-hybridized carbons (Fsp3) is 0.143. The summed E-state index contributed by atoms with van der Waals surface area (Å²) in [6.07, 6.45) is 1.60. The second-order valence-electron chi connectivity index (χ2n) is 4.20. The summed E-state index contributed by atoms with van der Waals surface area (Å²) in [4.78, 5) is 4.18. The van der Waals surface area contributed by atoms with Gasteiger partial charge in [-0.15, -0.1) is 0 Å². The topological polar surface area (TPSA) is 76.8 Å². The van der Waals surface area contributed by atoms with Crippen molar-refractivity contribution in [2.75, 3.05) is 12.3 Å². The molecule has 2 aromatic heterocycles. The maximum atomic E-state index is 5.77. The summed E-state index contributed by atoms with van der Waals surface area (Å²) in [5.74, 6) is 0.854. The Morgan fingerprint density at radius 2 is 2.05 bits per heavy atom. The molecule has 0 saturated carbocycles. The predicted octanol–water partition coefficient (Wildman–Crippen LogP) is 2.61. The van der Waals surface area contributed by atoms with Crippen molar-refractivity contribution in [3.8, 4) is 17.0 Å². The SMILES string of the molecule is CCOc1ccc(-c2[nH]nc3ncc(N)cc23)cc1.